The highest BCUT2D eigenvalue weighted by Gasteiger charge is 2.26. The average molecular weight is 399 g/mol. The lowest BCUT2D eigenvalue weighted by atomic mass is 9.87. The number of benzene rings is 4. The van der Waals surface area contributed by atoms with Crippen molar-refractivity contribution in [2.45, 2.75) is 0 Å². The molecule has 2 aliphatic rings. The summed E-state index contributed by atoms with van der Waals surface area (Å²) in [5, 5.41) is 0. The van der Waals surface area contributed by atoms with Crippen LogP contribution in [0.1, 0.15) is 22.3 Å². The van der Waals surface area contributed by atoms with E-state index in [4.69, 9.17) is 0 Å². The maximum Gasteiger partial charge on any atom is 0.0494 e. The van der Waals surface area contributed by atoms with E-state index >= 15 is 0 Å². The highest BCUT2D eigenvalue weighted by Crippen LogP contribution is 2.47. The zero-order chi connectivity index (χ0) is 20.9. The second-order valence-corrected chi connectivity index (χ2v) is 8.06. The topological polar surface area (TPSA) is 6.48 Å². The van der Waals surface area contributed by atoms with Gasteiger partial charge in [-0.1, -0.05) is 72.8 Å². The minimum atomic E-state index is 1.15. The largest absolute Gasteiger partial charge is 0.344 e. The Bertz CT molecular complexity index is 1200. The molecule has 0 N–H and O–H groups in total. The summed E-state index contributed by atoms with van der Waals surface area (Å²) in [7, 11) is 4.28. The van der Waals surface area contributed by atoms with E-state index in [2.05, 4.69) is 127 Å². The Morgan fingerprint density at radius 2 is 0.677 bits per heavy atom. The first-order valence-electron chi connectivity index (χ1n) is 10.6. The van der Waals surface area contributed by atoms with Gasteiger partial charge in [0.15, 0.2) is 0 Å². The highest BCUT2D eigenvalue weighted by molar-refractivity contribution is 6.03. The number of fused-ring (bicyclic) bond motifs is 4. The molecule has 2 heteroatoms. The predicted molar refractivity (Wildman–Crippen MR) is 130 cm³/mol. The van der Waals surface area contributed by atoms with Gasteiger partial charge in [-0.3, -0.25) is 0 Å². The van der Waals surface area contributed by atoms with Gasteiger partial charge in [-0.2, -0.15) is 0 Å². The lowest BCUT2D eigenvalue weighted by Gasteiger charge is -2.32. The van der Waals surface area contributed by atoms with Crippen LogP contribution in [0.3, 0.4) is 0 Å². The van der Waals surface area contributed by atoms with Crippen LogP contribution in [0, 0.1) is 0 Å². The Hall–Kier alpha value is -4.00. The number of para-hydroxylation sites is 4. The molecule has 0 bridgehead atoms. The smallest absolute Gasteiger partial charge is 0.0494 e. The van der Waals surface area contributed by atoms with Gasteiger partial charge in [0, 0.05) is 70.2 Å². The van der Waals surface area contributed by atoms with Crippen LogP contribution >= 0.6 is 0 Å². The third-order valence-electron chi connectivity index (χ3n) is 6.39. The average Bonchev–Trinajstić information content (AvgIpc) is 2.84. The molecule has 0 atom stereocenters. The first-order valence-corrected chi connectivity index (χ1v) is 10.6. The maximum atomic E-state index is 3.90. The van der Waals surface area contributed by atoms with E-state index in [1.807, 2.05) is 0 Å². The van der Waals surface area contributed by atoms with Crippen molar-refractivity contribution in [3.05, 3.63) is 125 Å². The summed E-state index contributed by atoms with van der Waals surface area (Å²) in [6, 6.07) is 34.5. The van der Waals surface area contributed by atoms with Crippen molar-refractivity contribution in [3.8, 4) is 0 Å². The Morgan fingerprint density at radius 3 is 0.968 bits per heavy atom. The van der Waals surface area contributed by atoms with E-state index in [-0.39, 0.29) is 0 Å². The van der Waals surface area contributed by atoms with E-state index in [1.165, 1.54) is 45.0 Å². The molecule has 148 valence electrons. The molecule has 0 amide bonds. The van der Waals surface area contributed by atoms with Crippen LogP contribution in [0.5, 0.6) is 0 Å². The summed E-state index contributed by atoms with van der Waals surface area (Å²) in [5.41, 5.74) is 15.9. The molecule has 0 fully saturated rings. The Morgan fingerprint density at radius 1 is 0.419 bits per heavy atom. The summed E-state index contributed by atoms with van der Waals surface area (Å²) in [6.45, 7) is 0. The molecule has 4 aromatic rings. The van der Waals surface area contributed by atoms with Crippen LogP contribution in [-0.4, -0.2) is 14.1 Å². The SMILES string of the molecule is CN1c2ccccc2C(=C=C2c3ccccc3N(C)c3ccccc32)c2ccccc21. The van der Waals surface area contributed by atoms with Crippen molar-refractivity contribution in [2.75, 3.05) is 23.9 Å². The summed E-state index contributed by atoms with van der Waals surface area (Å²) in [6.07, 6.45) is 0. The Kier molecular flexibility index (Phi) is 3.89. The van der Waals surface area contributed by atoms with Gasteiger partial charge in [0.1, 0.15) is 0 Å². The molecule has 2 aliphatic heterocycles. The van der Waals surface area contributed by atoms with E-state index in [9.17, 15) is 0 Å². The number of nitrogens with zero attached hydrogens (tertiary/aromatic N) is 2. The highest BCUT2D eigenvalue weighted by atomic mass is 15.1. The molecule has 0 saturated carbocycles. The minimum absolute atomic E-state index is 1.15. The molecule has 6 rings (SSSR count). The van der Waals surface area contributed by atoms with E-state index < -0.39 is 0 Å². The maximum absolute atomic E-state index is 3.90. The predicted octanol–water partition coefficient (Wildman–Crippen LogP) is 7.01. The van der Waals surface area contributed by atoms with Crippen molar-refractivity contribution in [3.63, 3.8) is 0 Å². The van der Waals surface area contributed by atoms with Crippen molar-refractivity contribution in [2.24, 2.45) is 0 Å². The number of rotatable bonds is 0. The quantitative estimate of drug-likeness (QED) is 0.294. The third-order valence-corrected chi connectivity index (χ3v) is 6.39. The lowest BCUT2D eigenvalue weighted by Crippen LogP contribution is -2.18. The van der Waals surface area contributed by atoms with E-state index in [0.29, 0.717) is 0 Å². The molecule has 2 nitrogen and oxygen atoms in total. The molecule has 0 aliphatic carbocycles. The Balaban J connectivity index is 1.76. The second kappa shape index (κ2) is 6.77. The van der Waals surface area contributed by atoms with Crippen LogP contribution in [0.15, 0.2) is 103 Å². The summed E-state index contributed by atoms with van der Waals surface area (Å²) in [5.74, 6) is 0. The standard InChI is InChI=1S/C29H22N2/c1-30-26-15-7-3-11-20(26)24(21-12-4-8-16-27(21)30)19-25-22-13-5-9-17-28(22)31(2)29-18-10-6-14-23(25)29/h3-18H,1-2H3. The number of hydrogen-bond donors (Lipinski definition) is 0. The molecule has 31 heavy (non-hydrogen) atoms. The van der Waals surface area contributed by atoms with E-state index in [1.54, 1.807) is 0 Å². The molecule has 0 saturated heterocycles. The van der Waals surface area contributed by atoms with Crippen molar-refractivity contribution in [1.82, 2.24) is 0 Å². The van der Waals surface area contributed by atoms with E-state index in [0.717, 1.165) is 11.1 Å². The van der Waals surface area contributed by atoms with Crippen LogP contribution in [0.4, 0.5) is 22.7 Å². The lowest BCUT2D eigenvalue weighted by molar-refractivity contribution is 1.17. The van der Waals surface area contributed by atoms with Crippen LogP contribution in [-0.2, 0) is 0 Å². The molecule has 0 radical (unpaired) electrons. The van der Waals surface area contributed by atoms with Gasteiger partial charge < -0.3 is 9.80 Å². The summed E-state index contributed by atoms with van der Waals surface area (Å²) in [4.78, 5) is 4.55. The van der Waals surface area contributed by atoms with Gasteiger partial charge in [0.25, 0.3) is 0 Å². The zero-order valence-electron chi connectivity index (χ0n) is 17.6. The van der Waals surface area contributed by atoms with Crippen LogP contribution in [0.2, 0.25) is 0 Å². The van der Waals surface area contributed by atoms with Crippen molar-refractivity contribution in [1.29, 1.82) is 0 Å². The van der Waals surface area contributed by atoms with Crippen LogP contribution < -0.4 is 9.80 Å². The molecular weight excluding hydrogens is 376 g/mol. The van der Waals surface area contributed by atoms with Gasteiger partial charge in [0.05, 0.1) is 0 Å². The summed E-state index contributed by atoms with van der Waals surface area (Å²) < 4.78 is 0. The minimum Gasteiger partial charge on any atom is -0.344 e. The third kappa shape index (κ3) is 2.59. The first-order chi connectivity index (χ1) is 15.2. The van der Waals surface area contributed by atoms with Gasteiger partial charge in [0.2, 0.25) is 0 Å². The van der Waals surface area contributed by atoms with Gasteiger partial charge in [-0.25, -0.2) is 0 Å². The molecule has 4 aromatic carbocycles. The molecule has 0 aromatic heterocycles. The number of anilines is 4. The van der Waals surface area contributed by atoms with Crippen LogP contribution in [0.25, 0.3) is 11.1 Å². The fourth-order valence-electron chi connectivity index (χ4n) is 4.85. The Labute approximate surface area is 183 Å². The van der Waals surface area contributed by atoms with Gasteiger partial charge in [-0.15, -0.1) is 5.73 Å². The normalized spacial score (nSPS) is 13.7. The van der Waals surface area contributed by atoms with Crippen molar-refractivity contribution < 1.29 is 0 Å². The fourth-order valence-corrected chi connectivity index (χ4v) is 4.85. The number of hydrogen-bond acceptors (Lipinski definition) is 2. The fraction of sp³-hybridized carbons (Fsp3) is 0.0690. The second-order valence-electron chi connectivity index (χ2n) is 8.06. The first kappa shape index (κ1) is 17.8. The molecule has 2 heterocycles. The molecule has 0 unspecified atom stereocenters. The zero-order valence-corrected chi connectivity index (χ0v) is 17.6. The molecule has 0 spiro atoms. The monoisotopic (exact) mass is 398 g/mol. The van der Waals surface area contributed by atoms with Gasteiger partial charge >= 0.3 is 0 Å². The molecular formula is C29H22N2. The van der Waals surface area contributed by atoms with Crippen molar-refractivity contribution >= 4 is 33.9 Å². The summed E-state index contributed by atoms with van der Waals surface area (Å²) >= 11 is 0. The van der Waals surface area contributed by atoms with Gasteiger partial charge in [-0.05, 0) is 24.3 Å².